The molecule has 0 amide bonds. The molecule has 0 saturated carbocycles. The smallest absolute Gasteiger partial charge is 0.537 e. The molecule has 3 heteroatoms. The van der Waals surface area contributed by atoms with Crippen molar-refractivity contribution >= 4 is 7.69 Å². The molecule has 1 aromatic carbocycles. The molecule has 0 spiro atoms. The van der Waals surface area contributed by atoms with Crippen molar-refractivity contribution in [2.45, 2.75) is 13.3 Å². The van der Waals surface area contributed by atoms with Gasteiger partial charge in [0.25, 0.3) is 0 Å². The van der Waals surface area contributed by atoms with E-state index in [2.05, 4.69) is 6.92 Å². The first-order valence-corrected chi connectivity index (χ1v) is 3.58. The van der Waals surface area contributed by atoms with Crippen LogP contribution in [0.15, 0.2) is 24.3 Å². The standard InChI is InChI=1S/C8H10BO2/c1-2-7-3-5-8(6-4-7)11-9-10/h3-6,10H,2H2,1H3. The molecule has 0 unspecified atom stereocenters. The van der Waals surface area contributed by atoms with Gasteiger partial charge >= 0.3 is 7.69 Å². The van der Waals surface area contributed by atoms with E-state index in [1.165, 1.54) is 5.56 Å². The van der Waals surface area contributed by atoms with Crippen molar-refractivity contribution in [3.63, 3.8) is 0 Å². The van der Waals surface area contributed by atoms with Gasteiger partial charge in [0.05, 0.1) is 5.75 Å². The fourth-order valence-corrected chi connectivity index (χ4v) is 0.865. The van der Waals surface area contributed by atoms with Crippen LogP contribution in [-0.2, 0) is 6.42 Å². The second-order valence-electron chi connectivity index (χ2n) is 2.22. The molecule has 1 aromatic rings. The summed E-state index contributed by atoms with van der Waals surface area (Å²) < 4.78 is 4.74. The number of aryl methyl sites for hydroxylation is 1. The van der Waals surface area contributed by atoms with E-state index in [1.54, 1.807) is 0 Å². The lowest BCUT2D eigenvalue weighted by atomic mass is 10.2. The predicted molar refractivity (Wildman–Crippen MR) is 44.4 cm³/mol. The molecule has 0 aliphatic rings. The summed E-state index contributed by atoms with van der Waals surface area (Å²) in [4.78, 5) is 0. The molecule has 2 nitrogen and oxygen atoms in total. The van der Waals surface area contributed by atoms with Crippen LogP contribution in [0.25, 0.3) is 0 Å². The minimum absolute atomic E-state index is 0.657. The fraction of sp³-hybridized carbons (Fsp3) is 0.250. The lowest BCUT2D eigenvalue weighted by molar-refractivity contribution is 0.453. The summed E-state index contributed by atoms with van der Waals surface area (Å²) in [5, 5.41) is 8.30. The van der Waals surface area contributed by atoms with Gasteiger partial charge in [0.15, 0.2) is 0 Å². The van der Waals surface area contributed by atoms with E-state index < -0.39 is 0 Å². The Morgan fingerprint density at radius 1 is 1.36 bits per heavy atom. The van der Waals surface area contributed by atoms with Gasteiger partial charge in [-0.25, -0.2) is 0 Å². The van der Waals surface area contributed by atoms with Crippen molar-refractivity contribution in [1.29, 1.82) is 0 Å². The molecule has 0 aliphatic carbocycles. The van der Waals surface area contributed by atoms with Gasteiger partial charge in [-0.2, -0.15) is 0 Å². The molecule has 11 heavy (non-hydrogen) atoms. The Morgan fingerprint density at radius 3 is 2.45 bits per heavy atom. The van der Waals surface area contributed by atoms with E-state index in [0.717, 1.165) is 6.42 Å². The average Bonchev–Trinajstić information content (AvgIpc) is 2.07. The molecule has 0 bridgehead atoms. The van der Waals surface area contributed by atoms with Crippen LogP contribution in [-0.4, -0.2) is 12.7 Å². The Bertz CT molecular complexity index is 208. The van der Waals surface area contributed by atoms with Crippen LogP contribution in [0.3, 0.4) is 0 Å². The van der Waals surface area contributed by atoms with Gasteiger partial charge in [0, 0.05) is 0 Å². The average molecular weight is 149 g/mol. The summed E-state index contributed by atoms with van der Waals surface area (Å²) in [6, 6.07) is 7.59. The lowest BCUT2D eigenvalue weighted by Gasteiger charge is -2.01. The molecular weight excluding hydrogens is 139 g/mol. The van der Waals surface area contributed by atoms with E-state index in [1.807, 2.05) is 24.3 Å². The SMILES string of the molecule is CCc1ccc(O[B]O)cc1. The van der Waals surface area contributed by atoms with E-state index in [0.29, 0.717) is 13.4 Å². The van der Waals surface area contributed by atoms with Crippen molar-refractivity contribution in [3.05, 3.63) is 29.8 Å². The largest absolute Gasteiger partial charge is 0.569 e. The van der Waals surface area contributed by atoms with Crippen molar-refractivity contribution < 1.29 is 9.68 Å². The Labute approximate surface area is 67.1 Å². The maximum atomic E-state index is 8.30. The van der Waals surface area contributed by atoms with Crippen LogP contribution < -0.4 is 4.65 Å². The third kappa shape index (κ3) is 2.28. The highest BCUT2D eigenvalue weighted by molar-refractivity contribution is 6.17. The minimum Gasteiger partial charge on any atom is -0.537 e. The Morgan fingerprint density at radius 2 is 2.00 bits per heavy atom. The maximum absolute atomic E-state index is 8.30. The van der Waals surface area contributed by atoms with Gasteiger partial charge in [-0.15, -0.1) is 0 Å². The molecule has 1 radical (unpaired) electrons. The highest BCUT2D eigenvalue weighted by Crippen LogP contribution is 2.11. The van der Waals surface area contributed by atoms with Crippen molar-refractivity contribution in [2.24, 2.45) is 0 Å². The van der Waals surface area contributed by atoms with Crippen molar-refractivity contribution in [3.8, 4) is 5.75 Å². The molecule has 0 fully saturated rings. The summed E-state index contributed by atoms with van der Waals surface area (Å²) in [6.45, 7) is 2.09. The fourth-order valence-electron chi connectivity index (χ4n) is 0.865. The molecule has 57 valence electrons. The Hall–Kier alpha value is -0.955. The van der Waals surface area contributed by atoms with Crippen LogP contribution in [0, 0.1) is 0 Å². The van der Waals surface area contributed by atoms with E-state index in [4.69, 9.17) is 9.68 Å². The number of hydrogen-bond donors (Lipinski definition) is 1. The summed E-state index contributed by atoms with van der Waals surface area (Å²) in [5.41, 5.74) is 1.26. The summed E-state index contributed by atoms with van der Waals surface area (Å²) in [7, 11) is 0.682. The quantitative estimate of drug-likeness (QED) is 0.653. The topological polar surface area (TPSA) is 29.5 Å². The van der Waals surface area contributed by atoms with Crippen LogP contribution in [0.5, 0.6) is 5.75 Å². The van der Waals surface area contributed by atoms with Gasteiger partial charge in [0.1, 0.15) is 0 Å². The number of benzene rings is 1. The first kappa shape index (κ1) is 8.14. The van der Waals surface area contributed by atoms with Gasteiger partial charge in [0.2, 0.25) is 0 Å². The highest BCUT2D eigenvalue weighted by atomic mass is 16.5. The molecule has 1 rings (SSSR count). The van der Waals surface area contributed by atoms with E-state index in [9.17, 15) is 0 Å². The molecular formula is C8H10BO2. The maximum Gasteiger partial charge on any atom is 0.569 e. The minimum atomic E-state index is 0.657. The van der Waals surface area contributed by atoms with Gasteiger partial charge < -0.3 is 9.68 Å². The molecule has 0 atom stereocenters. The third-order valence-electron chi connectivity index (χ3n) is 1.52. The zero-order valence-electron chi connectivity index (χ0n) is 6.45. The van der Waals surface area contributed by atoms with Gasteiger partial charge in [-0.05, 0) is 24.1 Å². The number of rotatable bonds is 3. The number of hydrogen-bond acceptors (Lipinski definition) is 2. The van der Waals surface area contributed by atoms with Gasteiger partial charge in [-0.1, -0.05) is 19.1 Å². The highest BCUT2D eigenvalue weighted by Gasteiger charge is 1.93. The normalized spacial score (nSPS) is 9.27. The van der Waals surface area contributed by atoms with Gasteiger partial charge in [-0.3, -0.25) is 0 Å². The molecule has 0 heterocycles. The second-order valence-corrected chi connectivity index (χ2v) is 2.22. The summed E-state index contributed by atoms with van der Waals surface area (Å²) in [6.07, 6.45) is 1.02. The Balaban J connectivity index is 2.66. The summed E-state index contributed by atoms with van der Waals surface area (Å²) >= 11 is 0. The lowest BCUT2D eigenvalue weighted by Crippen LogP contribution is -1.99. The predicted octanol–water partition coefficient (Wildman–Crippen LogP) is 1.15. The van der Waals surface area contributed by atoms with E-state index in [-0.39, 0.29) is 0 Å². The zero-order chi connectivity index (χ0) is 8.10. The van der Waals surface area contributed by atoms with Crippen LogP contribution >= 0.6 is 0 Å². The van der Waals surface area contributed by atoms with Crippen LogP contribution in [0.2, 0.25) is 0 Å². The van der Waals surface area contributed by atoms with E-state index >= 15 is 0 Å². The van der Waals surface area contributed by atoms with Crippen LogP contribution in [0.1, 0.15) is 12.5 Å². The monoisotopic (exact) mass is 149 g/mol. The first-order valence-electron chi connectivity index (χ1n) is 3.58. The second kappa shape index (κ2) is 4.03. The van der Waals surface area contributed by atoms with Crippen LogP contribution in [0.4, 0.5) is 0 Å². The summed E-state index contributed by atoms with van der Waals surface area (Å²) in [5.74, 6) is 0.657. The molecule has 0 aromatic heterocycles. The third-order valence-corrected chi connectivity index (χ3v) is 1.52. The first-order chi connectivity index (χ1) is 5.36. The van der Waals surface area contributed by atoms with Crippen molar-refractivity contribution in [1.82, 2.24) is 0 Å². The Kier molecular flexibility index (Phi) is 2.99. The van der Waals surface area contributed by atoms with Crippen molar-refractivity contribution in [2.75, 3.05) is 0 Å². The zero-order valence-corrected chi connectivity index (χ0v) is 6.45. The molecule has 0 saturated heterocycles. The molecule has 0 aliphatic heterocycles. The molecule has 1 N–H and O–H groups in total.